The predicted molar refractivity (Wildman–Crippen MR) is 122 cm³/mol. The van der Waals surface area contributed by atoms with Crippen molar-refractivity contribution in [2.75, 3.05) is 10.2 Å². The van der Waals surface area contributed by atoms with Gasteiger partial charge in [-0.05, 0) is 65.6 Å². The van der Waals surface area contributed by atoms with Crippen LogP contribution in [0, 0.1) is 17.6 Å². The minimum absolute atomic E-state index is 0.0442. The molecule has 6 heteroatoms. The van der Waals surface area contributed by atoms with Gasteiger partial charge in [0.1, 0.15) is 11.6 Å². The Bertz CT molecular complexity index is 1060. The number of anilines is 2. The van der Waals surface area contributed by atoms with E-state index in [1.54, 1.807) is 23.1 Å². The monoisotopic (exact) mass is 436 g/mol. The summed E-state index contributed by atoms with van der Waals surface area (Å²) in [7, 11) is 0. The van der Waals surface area contributed by atoms with E-state index in [0.29, 0.717) is 24.3 Å². The van der Waals surface area contributed by atoms with Crippen molar-refractivity contribution in [1.29, 1.82) is 0 Å². The summed E-state index contributed by atoms with van der Waals surface area (Å²) >= 11 is 0. The number of hydrogen-bond acceptors (Lipinski definition) is 2. The second-order valence-electron chi connectivity index (χ2n) is 8.11. The molecule has 0 heterocycles. The second-order valence-corrected chi connectivity index (χ2v) is 8.11. The fourth-order valence-electron chi connectivity index (χ4n) is 3.31. The molecule has 0 saturated heterocycles. The zero-order chi connectivity index (χ0) is 23.1. The number of benzene rings is 3. The first-order valence-electron chi connectivity index (χ1n) is 10.5. The topological polar surface area (TPSA) is 49.4 Å². The molecule has 0 aliphatic heterocycles. The molecule has 0 fully saturated rings. The Morgan fingerprint density at radius 2 is 1.50 bits per heavy atom. The summed E-state index contributed by atoms with van der Waals surface area (Å²) < 4.78 is 26.3. The molecule has 3 aromatic rings. The SMILES string of the molecule is CC(C)CC(=O)N(Cc1ccc(F)cc1)c1cccc(CC(=O)Nc2ccc(F)cc2)c1. The molecule has 0 bridgehead atoms. The van der Waals surface area contributed by atoms with E-state index in [-0.39, 0.29) is 35.8 Å². The number of carbonyl (C=O) groups is 2. The molecule has 3 aromatic carbocycles. The Kier molecular flexibility index (Phi) is 7.71. The van der Waals surface area contributed by atoms with Gasteiger partial charge in [0.25, 0.3) is 0 Å². The van der Waals surface area contributed by atoms with Crippen LogP contribution in [0.4, 0.5) is 20.2 Å². The van der Waals surface area contributed by atoms with Gasteiger partial charge in [-0.15, -0.1) is 0 Å². The molecule has 0 spiro atoms. The van der Waals surface area contributed by atoms with Crippen LogP contribution in [0.3, 0.4) is 0 Å². The van der Waals surface area contributed by atoms with Gasteiger partial charge >= 0.3 is 0 Å². The van der Waals surface area contributed by atoms with E-state index in [0.717, 1.165) is 11.1 Å². The quantitative estimate of drug-likeness (QED) is 0.491. The number of nitrogens with one attached hydrogen (secondary N) is 1. The number of rotatable bonds is 8. The molecule has 166 valence electrons. The average Bonchev–Trinajstić information content (AvgIpc) is 2.74. The van der Waals surface area contributed by atoms with Crippen molar-refractivity contribution in [2.24, 2.45) is 5.92 Å². The molecule has 0 aromatic heterocycles. The van der Waals surface area contributed by atoms with Crippen LogP contribution in [0.1, 0.15) is 31.4 Å². The third-order valence-electron chi connectivity index (χ3n) is 4.85. The van der Waals surface area contributed by atoms with Gasteiger partial charge in [-0.1, -0.05) is 38.1 Å². The Balaban J connectivity index is 1.78. The highest BCUT2D eigenvalue weighted by molar-refractivity contribution is 5.94. The van der Waals surface area contributed by atoms with Crippen molar-refractivity contribution in [3.8, 4) is 0 Å². The van der Waals surface area contributed by atoms with Crippen molar-refractivity contribution in [3.05, 3.63) is 95.6 Å². The van der Waals surface area contributed by atoms with Crippen molar-refractivity contribution >= 4 is 23.2 Å². The van der Waals surface area contributed by atoms with Crippen molar-refractivity contribution in [3.63, 3.8) is 0 Å². The highest BCUT2D eigenvalue weighted by Crippen LogP contribution is 2.22. The van der Waals surface area contributed by atoms with Crippen molar-refractivity contribution in [2.45, 2.75) is 33.2 Å². The van der Waals surface area contributed by atoms with Crippen LogP contribution in [0.2, 0.25) is 0 Å². The zero-order valence-electron chi connectivity index (χ0n) is 18.1. The number of amides is 2. The maximum Gasteiger partial charge on any atom is 0.228 e. The van der Waals surface area contributed by atoms with Crippen LogP contribution < -0.4 is 10.2 Å². The third-order valence-corrected chi connectivity index (χ3v) is 4.85. The minimum atomic E-state index is -0.372. The molecule has 32 heavy (non-hydrogen) atoms. The van der Waals surface area contributed by atoms with Gasteiger partial charge in [-0.25, -0.2) is 8.78 Å². The van der Waals surface area contributed by atoms with E-state index in [9.17, 15) is 18.4 Å². The van der Waals surface area contributed by atoms with Gasteiger partial charge in [-0.2, -0.15) is 0 Å². The van der Waals surface area contributed by atoms with E-state index in [1.165, 1.54) is 36.4 Å². The van der Waals surface area contributed by atoms with E-state index in [4.69, 9.17) is 0 Å². The highest BCUT2D eigenvalue weighted by Gasteiger charge is 2.18. The number of hydrogen-bond donors (Lipinski definition) is 1. The van der Waals surface area contributed by atoms with Gasteiger partial charge in [0, 0.05) is 17.8 Å². The number of carbonyl (C=O) groups excluding carboxylic acids is 2. The molecular formula is C26H26F2N2O2. The molecule has 3 rings (SSSR count). The fraction of sp³-hybridized carbons (Fsp3) is 0.231. The minimum Gasteiger partial charge on any atom is -0.326 e. The molecule has 1 N–H and O–H groups in total. The summed E-state index contributed by atoms with van der Waals surface area (Å²) in [6.07, 6.45) is 0.477. The molecule has 0 aliphatic carbocycles. The maximum absolute atomic E-state index is 13.3. The Hall–Kier alpha value is -3.54. The van der Waals surface area contributed by atoms with Crippen molar-refractivity contribution in [1.82, 2.24) is 0 Å². The third kappa shape index (κ3) is 6.74. The molecule has 0 aliphatic rings. The summed E-state index contributed by atoms with van der Waals surface area (Å²) in [6, 6.07) is 18.9. The van der Waals surface area contributed by atoms with Gasteiger partial charge in [0.15, 0.2) is 0 Å². The first-order valence-corrected chi connectivity index (χ1v) is 10.5. The summed E-state index contributed by atoms with van der Waals surface area (Å²) in [5.41, 5.74) is 2.73. The standard InChI is InChI=1S/C26H26F2N2O2/c1-18(2)14-26(32)30(17-19-6-8-21(27)9-7-19)24-5-3-4-20(15-24)16-25(31)29-23-12-10-22(28)11-13-23/h3-13,15,18H,14,16-17H2,1-2H3,(H,29,31). The highest BCUT2D eigenvalue weighted by atomic mass is 19.1. The van der Waals surface area contributed by atoms with E-state index < -0.39 is 0 Å². The summed E-state index contributed by atoms with van der Waals surface area (Å²) in [4.78, 5) is 27.1. The zero-order valence-corrected chi connectivity index (χ0v) is 18.1. The molecule has 0 radical (unpaired) electrons. The Labute approximate surface area is 186 Å². The normalized spacial score (nSPS) is 10.8. The average molecular weight is 437 g/mol. The van der Waals surface area contributed by atoms with Gasteiger partial charge in [0.05, 0.1) is 13.0 Å². The molecular weight excluding hydrogens is 410 g/mol. The lowest BCUT2D eigenvalue weighted by Crippen LogP contribution is -2.31. The molecule has 0 saturated carbocycles. The van der Waals surface area contributed by atoms with E-state index in [1.807, 2.05) is 32.0 Å². The maximum atomic E-state index is 13.3. The smallest absolute Gasteiger partial charge is 0.228 e. The predicted octanol–water partition coefficient (Wildman–Crippen LogP) is 5.73. The molecule has 0 unspecified atom stereocenters. The van der Waals surface area contributed by atoms with E-state index >= 15 is 0 Å². The van der Waals surface area contributed by atoms with Crippen LogP contribution in [-0.4, -0.2) is 11.8 Å². The number of nitrogens with zero attached hydrogens (tertiary/aromatic N) is 1. The van der Waals surface area contributed by atoms with Crippen molar-refractivity contribution < 1.29 is 18.4 Å². The lowest BCUT2D eigenvalue weighted by molar-refractivity contribution is -0.119. The lowest BCUT2D eigenvalue weighted by Gasteiger charge is -2.24. The Morgan fingerprint density at radius 3 is 2.12 bits per heavy atom. The van der Waals surface area contributed by atoms with Crippen LogP contribution in [0.25, 0.3) is 0 Å². The van der Waals surface area contributed by atoms with Crippen LogP contribution in [0.15, 0.2) is 72.8 Å². The van der Waals surface area contributed by atoms with Crippen LogP contribution in [0.5, 0.6) is 0 Å². The second kappa shape index (κ2) is 10.7. The van der Waals surface area contributed by atoms with Gasteiger partial charge < -0.3 is 10.2 Å². The fourth-order valence-corrected chi connectivity index (χ4v) is 3.31. The van der Waals surface area contributed by atoms with Crippen LogP contribution >= 0.6 is 0 Å². The van der Waals surface area contributed by atoms with Crippen LogP contribution in [-0.2, 0) is 22.6 Å². The summed E-state index contributed by atoms with van der Waals surface area (Å²) in [5.74, 6) is -0.807. The first-order chi connectivity index (χ1) is 15.3. The molecule has 0 atom stereocenters. The Morgan fingerprint density at radius 1 is 0.875 bits per heavy atom. The first kappa shape index (κ1) is 23.1. The van der Waals surface area contributed by atoms with E-state index in [2.05, 4.69) is 5.32 Å². The molecule has 2 amide bonds. The number of halogens is 2. The lowest BCUT2D eigenvalue weighted by atomic mass is 10.1. The largest absolute Gasteiger partial charge is 0.326 e. The molecule has 4 nitrogen and oxygen atoms in total. The van der Waals surface area contributed by atoms with Gasteiger partial charge in [-0.3, -0.25) is 9.59 Å². The summed E-state index contributed by atoms with van der Waals surface area (Å²) in [6.45, 7) is 4.26. The van der Waals surface area contributed by atoms with Gasteiger partial charge in [0.2, 0.25) is 11.8 Å². The summed E-state index contributed by atoms with van der Waals surface area (Å²) in [5, 5.41) is 2.74.